The van der Waals surface area contributed by atoms with E-state index in [0.717, 1.165) is 5.56 Å². The van der Waals surface area contributed by atoms with Gasteiger partial charge in [-0.15, -0.1) is 0 Å². The van der Waals surface area contributed by atoms with Crippen molar-refractivity contribution in [2.75, 3.05) is 26.4 Å². The molecule has 0 aliphatic carbocycles. The summed E-state index contributed by atoms with van der Waals surface area (Å²) in [7, 11) is -1.14. The second kappa shape index (κ2) is 7.22. The first-order valence-corrected chi connectivity index (χ1v) is 8.27. The Morgan fingerprint density at radius 3 is 1.80 bits per heavy atom. The highest BCUT2D eigenvalue weighted by Gasteiger charge is 2.62. The third-order valence-corrected chi connectivity index (χ3v) is 4.65. The fourth-order valence-electron chi connectivity index (χ4n) is 3.19. The summed E-state index contributed by atoms with van der Waals surface area (Å²) in [5.74, 6) is -0.0526. The van der Waals surface area contributed by atoms with Crippen LogP contribution in [0.5, 0.6) is 5.75 Å². The molecular formula is C17H27BO7. The molecule has 1 fully saturated rings. The average molecular weight is 354 g/mol. The van der Waals surface area contributed by atoms with Crippen LogP contribution in [0.4, 0.5) is 0 Å². The summed E-state index contributed by atoms with van der Waals surface area (Å²) in [5.41, 5.74) is -2.30. The highest BCUT2D eigenvalue weighted by molar-refractivity contribution is 6.63. The van der Waals surface area contributed by atoms with E-state index in [2.05, 4.69) is 20.8 Å². The second-order valence-corrected chi connectivity index (χ2v) is 7.78. The van der Waals surface area contributed by atoms with E-state index in [0.29, 0.717) is 11.9 Å². The molecule has 1 saturated heterocycles. The molecule has 0 amide bonds. The normalized spacial score (nSPS) is 19.4. The van der Waals surface area contributed by atoms with E-state index in [1.54, 1.807) is 6.07 Å². The number of aliphatic hydroxyl groups is 4. The molecule has 0 radical (unpaired) electrons. The minimum atomic E-state index is -1.69. The Hall–Kier alpha value is -1.16. The van der Waals surface area contributed by atoms with Gasteiger partial charge in [0.05, 0.1) is 26.4 Å². The number of phenols is 1. The molecule has 7 nitrogen and oxygen atoms in total. The Morgan fingerprint density at radius 1 is 0.920 bits per heavy atom. The fraction of sp³-hybridized carbons (Fsp3) is 0.647. The van der Waals surface area contributed by atoms with Gasteiger partial charge >= 0.3 is 7.12 Å². The van der Waals surface area contributed by atoms with Crippen LogP contribution in [0.15, 0.2) is 18.2 Å². The average Bonchev–Trinajstić information content (AvgIpc) is 2.88. The molecule has 0 atom stereocenters. The van der Waals surface area contributed by atoms with Crippen molar-refractivity contribution in [3.63, 3.8) is 0 Å². The van der Waals surface area contributed by atoms with Gasteiger partial charge in [0.2, 0.25) is 0 Å². The van der Waals surface area contributed by atoms with Gasteiger partial charge in [-0.3, -0.25) is 0 Å². The van der Waals surface area contributed by atoms with Gasteiger partial charge in [0.25, 0.3) is 0 Å². The number of phenolic OH excluding ortho intramolecular Hbond substituents is 1. The summed E-state index contributed by atoms with van der Waals surface area (Å²) in [5, 5.41) is 49.4. The van der Waals surface area contributed by atoms with Crippen molar-refractivity contribution in [2.45, 2.75) is 38.4 Å². The molecule has 0 spiro atoms. The molecule has 25 heavy (non-hydrogen) atoms. The maximum Gasteiger partial charge on any atom is 0.499 e. The molecule has 0 bridgehead atoms. The first kappa shape index (κ1) is 20.2. The maximum atomic E-state index is 10.4. The van der Waals surface area contributed by atoms with Crippen LogP contribution in [0.1, 0.15) is 26.3 Å². The largest absolute Gasteiger partial charge is 0.508 e. The first-order valence-electron chi connectivity index (χ1n) is 8.27. The Morgan fingerprint density at radius 2 is 1.40 bits per heavy atom. The van der Waals surface area contributed by atoms with Crippen molar-refractivity contribution in [2.24, 2.45) is 5.41 Å². The van der Waals surface area contributed by atoms with Crippen LogP contribution >= 0.6 is 0 Å². The molecule has 0 saturated carbocycles. The van der Waals surface area contributed by atoms with Gasteiger partial charge in [-0.1, -0.05) is 32.9 Å². The molecule has 1 aromatic carbocycles. The van der Waals surface area contributed by atoms with Crippen LogP contribution in [0, 0.1) is 5.41 Å². The van der Waals surface area contributed by atoms with Crippen molar-refractivity contribution in [3.05, 3.63) is 23.8 Å². The third kappa shape index (κ3) is 3.55. The Labute approximate surface area is 148 Å². The van der Waals surface area contributed by atoms with Crippen molar-refractivity contribution in [1.82, 2.24) is 0 Å². The number of benzene rings is 1. The van der Waals surface area contributed by atoms with E-state index < -0.39 is 44.7 Å². The highest BCUT2D eigenvalue weighted by atomic mass is 16.7. The molecule has 1 aliphatic heterocycles. The molecule has 5 N–H and O–H groups in total. The maximum absolute atomic E-state index is 10.4. The molecular weight excluding hydrogens is 327 g/mol. The molecule has 0 unspecified atom stereocenters. The standard InChI is InChI=1S/C17H27BO7/c1-15(2,3)7-12-5-4-6-13(23)14(12)18-24-16(8-19,9-20)17(10-21,11-22)25-18/h4-6,19-23H,7-11H2,1-3H3. The lowest BCUT2D eigenvalue weighted by Gasteiger charge is -2.39. The number of hydrogen-bond acceptors (Lipinski definition) is 7. The van der Waals surface area contributed by atoms with Crippen LogP contribution in [-0.2, 0) is 15.7 Å². The number of hydrogen-bond donors (Lipinski definition) is 5. The number of aliphatic hydroxyl groups excluding tert-OH is 4. The summed E-state index contributed by atoms with van der Waals surface area (Å²) in [6.45, 7) is 3.50. The summed E-state index contributed by atoms with van der Waals surface area (Å²) < 4.78 is 11.5. The summed E-state index contributed by atoms with van der Waals surface area (Å²) in [6, 6.07) is 5.04. The number of rotatable bonds is 6. The lowest BCUT2D eigenvalue weighted by molar-refractivity contribution is -0.147. The Bertz CT molecular complexity index is 571. The van der Waals surface area contributed by atoms with Crippen LogP contribution in [0.25, 0.3) is 0 Å². The van der Waals surface area contributed by atoms with Gasteiger partial charge in [-0.2, -0.15) is 0 Å². The van der Waals surface area contributed by atoms with E-state index in [1.165, 1.54) is 6.07 Å². The van der Waals surface area contributed by atoms with E-state index in [4.69, 9.17) is 9.31 Å². The first-order chi connectivity index (χ1) is 11.7. The molecule has 140 valence electrons. The molecule has 0 aromatic heterocycles. The van der Waals surface area contributed by atoms with E-state index in [-0.39, 0.29) is 11.2 Å². The van der Waals surface area contributed by atoms with Crippen molar-refractivity contribution in [3.8, 4) is 5.75 Å². The highest BCUT2D eigenvalue weighted by Crippen LogP contribution is 2.38. The summed E-state index contributed by atoms with van der Waals surface area (Å²) in [4.78, 5) is 0. The fourth-order valence-corrected chi connectivity index (χ4v) is 3.19. The van der Waals surface area contributed by atoms with Crippen molar-refractivity contribution >= 4 is 12.6 Å². The van der Waals surface area contributed by atoms with Crippen LogP contribution in [-0.4, -0.2) is 70.3 Å². The van der Waals surface area contributed by atoms with Crippen LogP contribution in [0.3, 0.4) is 0 Å². The van der Waals surface area contributed by atoms with Crippen molar-refractivity contribution in [1.29, 1.82) is 0 Å². The van der Waals surface area contributed by atoms with E-state index >= 15 is 0 Å². The van der Waals surface area contributed by atoms with E-state index in [9.17, 15) is 25.5 Å². The smallest absolute Gasteiger partial charge is 0.499 e. The zero-order valence-electron chi connectivity index (χ0n) is 14.9. The van der Waals surface area contributed by atoms with Gasteiger partial charge < -0.3 is 34.8 Å². The minimum Gasteiger partial charge on any atom is -0.508 e. The summed E-state index contributed by atoms with van der Waals surface area (Å²) >= 11 is 0. The molecule has 1 aromatic rings. The Kier molecular flexibility index (Phi) is 5.83. The minimum absolute atomic E-state index is 0.0526. The summed E-state index contributed by atoms with van der Waals surface area (Å²) in [6.07, 6.45) is 0.621. The topological polar surface area (TPSA) is 120 Å². The van der Waals surface area contributed by atoms with Gasteiger partial charge in [-0.25, -0.2) is 0 Å². The lowest BCUT2D eigenvalue weighted by atomic mass is 9.72. The van der Waals surface area contributed by atoms with Crippen LogP contribution < -0.4 is 5.46 Å². The molecule has 1 aliphatic rings. The van der Waals surface area contributed by atoms with Gasteiger partial charge in [0, 0.05) is 5.46 Å². The van der Waals surface area contributed by atoms with Crippen molar-refractivity contribution < 1.29 is 34.8 Å². The monoisotopic (exact) mass is 354 g/mol. The molecule has 1 heterocycles. The van der Waals surface area contributed by atoms with Crippen LogP contribution in [0.2, 0.25) is 0 Å². The zero-order chi connectivity index (χ0) is 18.9. The second-order valence-electron chi connectivity index (χ2n) is 7.78. The SMILES string of the molecule is CC(C)(C)Cc1cccc(O)c1B1OC(CO)(CO)C(CO)(CO)O1. The lowest BCUT2D eigenvalue weighted by Crippen LogP contribution is -2.61. The Balaban J connectivity index is 2.50. The molecule has 2 rings (SSSR count). The number of aromatic hydroxyl groups is 1. The van der Waals surface area contributed by atoms with E-state index in [1.807, 2.05) is 6.07 Å². The molecule has 8 heteroatoms. The third-order valence-electron chi connectivity index (χ3n) is 4.65. The van der Waals surface area contributed by atoms with Gasteiger partial charge in [0.15, 0.2) is 0 Å². The quantitative estimate of drug-likeness (QED) is 0.423. The zero-order valence-corrected chi connectivity index (χ0v) is 14.9. The predicted octanol–water partition coefficient (Wildman–Crippen LogP) is -0.830. The predicted molar refractivity (Wildman–Crippen MR) is 92.6 cm³/mol. The van der Waals surface area contributed by atoms with Gasteiger partial charge in [-0.05, 0) is 23.5 Å². The van der Waals surface area contributed by atoms with Gasteiger partial charge in [0.1, 0.15) is 17.0 Å².